The molecule has 5 rings (SSSR count). The first-order valence-corrected chi connectivity index (χ1v) is 11.0. The summed E-state index contributed by atoms with van der Waals surface area (Å²) in [6.07, 6.45) is 5.98. The summed E-state index contributed by atoms with van der Waals surface area (Å²) >= 11 is 3.45. The third kappa shape index (κ3) is 3.69. The molecule has 8 heteroatoms. The number of aryl methyl sites for hydroxylation is 1. The molecule has 0 saturated heterocycles. The van der Waals surface area contributed by atoms with Gasteiger partial charge >= 0.3 is 0 Å². The average Bonchev–Trinajstić information content (AvgIpc) is 3.25. The molecule has 7 nitrogen and oxygen atoms in total. The first-order chi connectivity index (χ1) is 15.6. The molecule has 1 N–H and O–H groups in total. The van der Waals surface area contributed by atoms with Crippen LogP contribution < -0.4 is 14.2 Å². The van der Waals surface area contributed by atoms with Crippen molar-refractivity contribution < 1.29 is 19.3 Å². The van der Waals surface area contributed by atoms with Crippen LogP contribution in [0.15, 0.2) is 59.5 Å². The van der Waals surface area contributed by atoms with E-state index in [2.05, 4.69) is 26.0 Å². The minimum Gasteiger partial charge on any atom is -0.493 e. The highest BCUT2D eigenvalue weighted by molar-refractivity contribution is 9.10. The van der Waals surface area contributed by atoms with Gasteiger partial charge in [-0.15, -0.1) is 0 Å². The standard InChI is InChI=1S/C24H22BrN3O4/c1-30-21-10-16(23(29)18-12-27-28-13-17(25)5-6-19(18)28)9-14-3-7-20(32-24(14)21)15-4-8-22(31-2)26-11-15/h4-6,8-13,20,23,29H,3,7H2,1-2H3. The summed E-state index contributed by atoms with van der Waals surface area (Å²) in [7, 11) is 3.21. The molecule has 3 aromatic heterocycles. The summed E-state index contributed by atoms with van der Waals surface area (Å²) < 4.78 is 19.8. The van der Waals surface area contributed by atoms with E-state index in [0.29, 0.717) is 17.4 Å². The Morgan fingerprint density at radius 2 is 2.03 bits per heavy atom. The van der Waals surface area contributed by atoms with Crippen LogP contribution in [0.1, 0.15) is 40.9 Å². The second kappa shape index (κ2) is 8.44. The quantitative estimate of drug-likeness (QED) is 0.433. The van der Waals surface area contributed by atoms with Crippen molar-refractivity contribution in [3.05, 3.63) is 81.7 Å². The largest absolute Gasteiger partial charge is 0.493 e. The van der Waals surface area contributed by atoms with Crippen LogP contribution in [0.25, 0.3) is 5.52 Å². The molecule has 164 valence electrons. The van der Waals surface area contributed by atoms with Gasteiger partial charge in [0, 0.05) is 34.1 Å². The van der Waals surface area contributed by atoms with Gasteiger partial charge in [-0.05, 0) is 70.2 Å². The van der Waals surface area contributed by atoms with Gasteiger partial charge in [-0.25, -0.2) is 9.50 Å². The first kappa shape index (κ1) is 20.8. The van der Waals surface area contributed by atoms with Crippen LogP contribution in [-0.4, -0.2) is 33.9 Å². The van der Waals surface area contributed by atoms with E-state index in [1.54, 1.807) is 31.1 Å². The number of methoxy groups -OCH3 is 2. The lowest BCUT2D eigenvalue weighted by molar-refractivity contribution is 0.167. The maximum atomic E-state index is 11.2. The Labute approximate surface area is 193 Å². The summed E-state index contributed by atoms with van der Waals surface area (Å²) in [6, 6.07) is 11.5. The van der Waals surface area contributed by atoms with E-state index >= 15 is 0 Å². The van der Waals surface area contributed by atoms with E-state index in [-0.39, 0.29) is 6.10 Å². The minimum absolute atomic E-state index is 0.122. The summed E-state index contributed by atoms with van der Waals surface area (Å²) in [5.41, 5.74) is 4.32. The Kier molecular flexibility index (Phi) is 5.48. The fraction of sp³-hybridized carbons (Fsp3) is 0.250. The SMILES string of the molecule is COc1ccc(C2CCc3cc(C(O)c4cnn5cc(Br)ccc45)cc(OC)c3O2)cn1. The zero-order valence-corrected chi connectivity index (χ0v) is 19.2. The fourth-order valence-electron chi connectivity index (χ4n) is 4.11. The number of halogens is 1. The summed E-state index contributed by atoms with van der Waals surface area (Å²) in [6.45, 7) is 0. The Morgan fingerprint density at radius 3 is 2.78 bits per heavy atom. The van der Waals surface area contributed by atoms with Crippen molar-refractivity contribution in [2.75, 3.05) is 14.2 Å². The normalized spacial score (nSPS) is 16.3. The van der Waals surface area contributed by atoms with Crippen LogP contribution in [0.5, 0.6) is 17.4 Å². The molecule has 32 heavy (non-hydrogen) atoms. The lowest BCUT2D eigenvalue weighted by Gasteiger charge is -2.28. The van der Waals surface area contributed by atoms with Crippen molar-refractivity contribution >= 4 is 21.4 Å². The molecule has 2 unspecified atom stereocenters. The molecule has 2 atom stereocenters. The van der Waals surface area contributed by atoms with Gasteiger partial charge in [0.1, 0.15) is 12.2 Å². The lowest BCUT2D eigenvalue weighted by atomic mass is 9.93. The summed E-state index contributed by atoms with van der Waals surface area (Å²) in [4.78, 5) is 4.29. The van der Waals surface area contributed by atoms with E-state index in [1.807, 2.05) is 42.6 Å². The zero-order valence-electron chi connectivity index (χ0n) is 17.7. The second-order valence-electron chi connectivity index (χ2n) is 7.67. The Balaban J connectivity index is 1.46. The van der Waals surface area contributed by atoms with Gasteiger partial charge in [0.05, 0.1) is 25.9 Å². The van der Waals surface area contributed by atoms with E-state index in [0.717, 1.165) is 45.1 Å². The zero-order chi connectivity index (χ0) is 22.2. The maximum Gasteiger partial charge on any atom is 0.212 e. The highest BCUT2D eigenvalue weighted by Gasteiger charge is 2.27. The Bertz CT molecular complexity index is 1260. The molecular weight excluding hydrogens is 474 g/mol. The number of aliphatic hydroxyl groups is 1. The second-order valence-corrected chi connectivity index (χ2v) is 8.59. The van der Waals surface area contributed by atoms with Crippen molar-refractivity contribution in [2.24, 2.45) is 0 Å². The van der Waals surface area contributed by atoms with Crippen LogP contribution in [0.4, 0.5) is 0 Å². The third-order valence-corrected chi connectivity index (χ3v) is 6.24. The van der Waals surface area contributed by atoms with Crippen molar-refractivity contribution in [3.8, 4) is 17.4 Å². The highest BCUT2D eigenvalue weighted by Crippen LogP contribution is 2.43. The maximum absolute atomic E-state index is 11.2. The van der Waals surface area contributed by atoms with Crippen LogP contribution in [-0.2, 0) is 6.42 Å². The molecule has 0 spiro atoms. The van der Waals surface area contributed by atoms with Crippen LogP contribution in [0.3, 0.4) is 0 Å². The van der Waals surface area contributed by atoms with Gasteiger partial charge in [-0.1, -0.05) is 0 Å². The minimum atomic E-state index is -0.837. The first-order valence-electron chi connectivity index (χ1n) is 10.3. The number of hydrogen-bond acceptors (Lipinski definition) is 6. The number of benzene rings is 1. The van der Waals surface area contributed by atoms with Gasteiger partial charge in [-0.2, -0.15) is 5.10 Å². The number of nitrogens with zero attached hydrogens (tertiary/aromatic N) is 3. The Morgan fingerprint density at radius 1 is 1.16 bits per heavy atom. The van der Waals surface area contributed by atoms with Gasteiger partial charge < -0.3 is 19.3 Å². The van der Waals surface area contributed by atoms with Gasteiger partial charge in [0.15, 0.2) is 11.5 Å². The van der Waals surface area contributed by atoms with E-state index in [9.17, 15) is 5.11 Å². The lowest BCUT2D eigenvalue weighted by Crippen LogP contribution is -2.17. The van der Waals surface area contributed by atoms with Crippen molar-refractivity contribution in [2.45, 2.75) is 25.0 Å². The summed E-state index contributed by atoms with van der Waals surface area (Å²) in [5, 5.41) is 15.5. The van der Waals surface area contributed by atoms with Gasteiger partial charge in [0.25, 0.3) is 0 Å². The van der Waals surface area contributed by atoms with E-state index in [1.165, 1.54) is 0 Å². The predicted molar refractivity (Wildman–Crippen MR) is 122 cm³/mol. The van der Waals surface area contributed by atoms with E-state index in [4.69, 9.17) is 14.2 Å². The predicted octanol–water partition coefficient (Wildman–Crippen LogP) is 4.66. The van der Waals surface area contributed by atoms with Crippen molar-refractivity contribution in [1.82, 2.24) is 14.6 Å². The molecular formula is C24H22BrN3O4. The van der Waals surface area contributed by atoms with Crippen LogP contribution in [0, 0.1) is 0 Å². The molecule has 0 saturated carbocycles. The van der Waals surface area contributed by atoms with Gasteiger partial charge in [0.2, 0.25) is 5.88 Å². The molecule has 4 aromatic rings. The monoisotopic (exact) mass is 495 g/mol. The average molecular weight is 496 g/mol. The summed E-state index contributed by atoms with van der Waals surface area (Å²) in [5.74, 6) is 1.88. The molecule has 1 aliphatic rings. The molecule has 0 amide bonds. The van der Waals surface area contributed by atoms with Gasteiger partial charge in [-0.3, -0.25) is 0 Å². The molecule has 0 bridgehead atoms. The number of pyridine rings is 2. The number of hydrogen-bond donors (Lipinski definition) is 1. The van der Waals surface area contributed by atoms with E-state index < -0.39 is 6.10 Å². The Hall–Kier alpha value is -3.10. The molecule has 0 radical (unpaired) electrons. The third-order valence-electron chi connectivity index (χ3n) is 5.77. The van der Waals surface area contributed by atoms with Crippen LogP contribution >= 0.6 is 15.9 Å². The number of ether oxygens (including phenoxy) is 3. The van der Waals surface area contributed by atoms with Crippen LogP contribution in [0.2, 0.25) is 0 Å². The molecule has 1 aliphatic heterocycles. The molecule has 4 heterocycles. The highest BCUT2D eigenvalue weighted by atomic mass is 79.9. The topological polar surface area (TPSA) is 78.1 Å². The number of aliphatic hydroxyl groups excluding tert-OH is 1. The smallest absolute Gasteiger partial charge is 0.212 e. The molecule has 0 fully saturated rings. The van der Waals surface area contributed by atoms with Crippen molar-refractivity contribution in [3.63, 3.8) is 0 Å². The fourth-order valence-corrected chi connectivity index (χ4v) is 4.43. The molecule has 0 aliphatic carbocycles. The number of rotatable bonds is 5. The molecule has 1 aromatic carbocycles. The van der Waals surface area contributed by atoms with Crippen molar-refractivity contribution in [1.29, 1.82) is 0 Å². The number of fused-ring (bicyclic) bond motifs is 2. The number of aromatic nitrogens is 3.